The van der Waals surface area contributed by atoms with Gasteiger partial charge in [0.15, 0.2) is 0 Å². The fraction of sp³-hybridized carbons (Fsp3) is 0. The Hall–Kier alpha value is -1.90. The van der Waals surface area contributed by atoms with E-state index in [9.17, 15) is 9.59 Å². The molecule has 1 N–H and O–H groups in total. The summed E-state index contributed by atoms with van der Waals surface area (Å²) < 4.78 is 0. The van der Waals surface area contributed by atoms with Crippen LogP contribution in [0.5, 0.6) is 0 Å². The second kappa shape index (κ2) is 5.10. The van der Waals surface area contributed by atoms with Crippen LogP contribution < -0.4 is 5.32 Å². The maximum Gasteiger partial charge on any atom is 0.247 e. The Kier molecular flexibility index (Phi) is 3.80. The van der Waals surface area contributed by atoms with Crippen LogP contribution in [-0.4, -0.2) is 12.0 Å². The monoisotopic (exact) mass is 222 g/mol. The molecule has 76 valence electrons. The highest BCUT2D eigenvalue weighted by Gasteiger charge is 2.02. The molecule has 0 fully saturated rings. The van der Waals surface area contributed by atoms with Crippen molar-refractivity contribution in [2.75, 3.05) is 5.32 Å². The van der Waals surface area contributed by atoms with Gasteiger partial charge in [0.2, 0.25) is 12.0 Å². The van der Waals surface area contributed by atoms with E-state index in [1.807, 2.05) is 0 Å². The first-order valence-electron chi connectivity index (χ1n) is 3.98. The molecule has 15 heavy (non-hydrogen) atoms. The molecule has 0 spiro atoms. The van der Waals surface area contributed by atoms with Crippen LogP contribution in [0.15, 0.2) is 35.8 Å². The first-order valence-corrected chi connectivity index (χ1v) is 4.36. The first-order chi connectivity index (χ1) is 7.17. The van der Waals surface area contributed by atoms with Crippen LogP contribution in [0.2, 0.25) is 5.02 Å². The molecule has 1 amide bonds. The minimum atomic E-state index is -0.335. The number of benzene rings is 1. The van der Waals surface area contributed by atoms with Gasteiger partial charge in [-0.3, -0.25) is 4.79 Å². The van der Waals surface area contributed by atoms with Crippen LogP contribution >= 0.6 is 11.6 Å². The zero-order chi connectivity index (χ0) is 11.3. The molecule has 1 rings (SSSR count). The first kappa shape index (κ1) is 11.2. The lowest BCUT2D eigenvalue weighted by molar-refractivity contribution is -0.111. The number of aliphatic imine (C=N–C) groups is 1. The number of carbonyl (C=O) groups is 1. The number of nitrogens with one attached hydrogen (secondary N) is 1. The molecule has 0 saturated carbocycles. The van der Waals surface area contributed by atoms with Crippen LogP contribution in [0.1, 0.15) is 0 Å². The quantitative estimate of drug-likeness (QED) is 0.485. The van der Waals surface area contributed by atoms with Crippen LogP contribution in [-0.2, 0) is 9.59 Å². The van der Waals surface area contributed by atoms with E-state index in [-0.39, 0.29) is 10.9 Å². The van der Waals surface area contributed by atoms with Crippen molar-refractivity contribution in [3.05, 3.63) is 35.9 Å². The molecule has 0 heterocycles. The molecule has 0 atom stereocenters. The van der Waals surface area contributed by atoms with Gasteiger partial charge in [-0.05, 0) is 24.3 Å². The predicted molar refractivity (Wildman–Crippen MR) is 58.1 cm³/mol. The third-order valence-corrected chi connectivity index (χ3v) is 1.87. The highest BCUT2D eigenvalue weighted by molar-refractivity contribution is 6.33. The molecule has 0 aliphatic rings. The molecule has 4 nitrogen and oxygen atoms in total. The van der Waals surface area contributed by atoms with Gasteiger partial charge in [0, 0.05) is 5.69 Å². The van der Waals surface area contributed by atoms with Crippen LogP contribution in [0, 0.1) is 0 Å². The SMILES string of the molecule is C=CC(=O)Nc1ccc(N=C=O)c(Cl)c1. The van der Waals surface area contributed by atoms with Gasteiger partial charge in [0.05, 0.1) is 10.7 Å². The van der Waals surface area contributed by atoms with Gasteiger partial charge in [-0.25, -0.2) is 4.79 Å². The highest BCUT2D eigenvalue weighted by atomic mass is 35.5. The summed E-state index contributed by atoms with van der Waals surface area (Å²) >= 11 is 5.79. The van der Waals surface area contributed by atoms with Crippen molar-refractivity contribution in [3.63, 3.8) is 0 Å². The number of rotatable bonds is 3. The van der Waals surface area contributed by atoms with Crippen molar-refractivity contribution in [2.24, 2.45) is 4.99 Å². The van der Waals surface area contributed by atoms with E-state index in [2.05, 4.69) is 16.9 Å². The average molecular weight is 223 g/mol. The Morgan fingerprint density at radius 2 is 2.33 bits per heavy atom. The van der Waals surface area contributed by atoms with E-state index in [0.29, 0.717) is 11.4 Å². The molecule has 0 aliphatic carbocycles. The summed E-state index contributed by atoms with van der Waals surface area (Å²) in [5.41, 5.74) is 0.818. The van der Waals surface area contributed by atoms with E-state index in [1.165, 1.54) is 18.2 Å². The van der Waals surface area contributed by atoms with Gasteiger partial charge >= 0.3 is 0 Å². The zero-order valence-corrected chi connectivity index (χ0v) is 8.41. The summed E-state index contributed by atoms with van der Waals surface area (Å²) in [6.45, 7) is 3.31. The summed E-state index contributed by atoms with van der Waals surface area (Å²) in [4.78, 5) is 24.3. The number of isocyanates is 1. The Balaban J connectivity index is 2.95. The standard InChI is InChI=1S/C10H7ClN2O2/c1-2-10(15)13-7-3-4-9(12-6-14)8(11)5-7/h2-5H,1H2,(H,13,15). The van der Waals surface area contributed by atoms with Crippen molar-refractivity contribution in [3.8, 4) is 0 Å². The van der Waals surface area contributed by atoms with Crippen LogP contribution in [0.4, 0.5) is 11.4 Å². The second-order valence-electron chi connectivity index (χ2n) is 2.56. The van der Waals surface area contributed by atoms with Gasteiger partial charge in [-0.15, -0.1) is 0 Å². The fourth-order valence-electron chi connectivity index (χ4n) is 0.918. The summed E-state index contributed by atoms with van der Waals surface area (Å²) in [5, 5.41) is 2.78. The Morgan fingerprint density at radius 3 is 2.87 bits per heavy atom. The average Bonchev–Trinajstić information content (AvgIpc) is 2.22. The molecular weight excluding hydrogens is 216 g/mol. The summed E-state index contributed by atoms with van der Waals surface area (Å²) in [5.74, 6) is -0.335. The van der Waals surface area contributed by atoms with E-state index < -0.39 is 0 Å². The number of amides is 1. The van der Waals surface area contributed by atoms with Crippen LogP contribution in [0.25, 0.3) is 0 Å². The second-order valence-corrected chi connectivity index (χ2v) is 2.97. The topological polar surface area (TPSA) is 58.5 Å². The van der Waals surface area contributed by atoms with Gasteiger partial charge in [0.25, 0.3) is 0 Å². The molecule has 0 radical (unpaired) electrons. The number of carbonyl (C=O) groups excluding carboxylic acids is 2. The van der Waals surface area contributed by atoms with Gasteiger partial charge < -0.3 is 5.32 Å². The highest BCUT2D eigenvalue weighted by Crippen LogP contribution is 2.27. The molecule has 0 saturated heterocycles. The lowest BCUT2D eigenvalue weighted by Gasteiger charge is -2.03. The Labute approximate surface area is 91.3 Å². The summed E-state index contributed by atoms with van der Waals surface area (Å²) in [7, 11) is 0. The molecule has 1 aromatic rings. The van der Waals surface area contributed by atoms with Crippen molar-refractivity contribution in [1.29, 1.82) is 0 Å². The molecular formula is C10H7ClN2O2. The largest absolute Gasteiger partial charge is 0.322 e. The zero-order valence-electron chi connectivity index (χ0n) is 7.66. The van der Waals surface area contributed by atoms with E-state index >= 15 is 0 Å². The number of hydrogen-bond acceptors (Lipinski definition) is 3. The van der Waals surface area contributed by atoms with Crippen molar-refractivity contribution < 1.29 is 9.59 Å². The predicted octanol–water partition coefficient (Wildman–Crippen LogP) is 2.43. The van der Waals surface area contributed by atoms with Gasteiger partial charge in [-0.2, -0.15) is 4.99 Å². The Bertz CT molecular complexity index is 451. The molecule has 1 aromatic carbocycles. The molecule has 0 bridgehead atoms. The van der Waals surface area contributed by atoms with Crippen molar-refractivity contribution >= 4 is 35.0 Å². The third-order valence-electron chi connectivity index (χ3n) is 1.57. The smallest absolute Gasteiger partial charge is 0.247 e. The molecule has 0 aliphatic heterocycles. The van der Waals surface area contributed by atoms with Crippen molar-refractivity contribution in [2.45, 2.75) is 0 Å². The van der Waals surface area contributed by atoms with Gasteiger partial charge in [-0.1, -0.05) is 18.2 Å². The van der Waals surface area contributed by atoms with E-state index in [1.54, 1.807) is 6.07 Å². The summed E-state index contributed by atoms with van der Waals surface area (Å²) in [6.07, 6.45) is 2.53. The fourth-order valence-corrected chi connectivity index (χ4v) is 1.14. The number of anilines is 1. The lowest BCUT2D eigenvalue weighted by Crippen LogP contribution is -2.06. The molecule has 0 unspecified atom stereocenters. The maximum absolute atomic E-state index is 10.9. The number of hydrogen-bond donors (Lipinski definition) is 1. The summed E-state index contributed by atoms with van der Waals surface area (Å²) in [6, 6.07) is 4.56. The Morgan fingerprint density at radius 1 is 1.60 bits per heavy atom. The van der Waals surface area contributed by atoms with E-state index in [4.69, 9.17) is 11.6 Å². The van der Waals surface area contributed by atoms with Crippen molar-refractivity contribution in [1.82, 2.24) is 0 Å². The van der Waals surface area contributed by atoms with Gasteiger partial charge in [0.1, 0.15) is 0 Å². The third kappa shape index (κ3) is 3.06. The van der Waals surface area contributed by atoms with E-state index in [0.717, 1.165) is 6.08 Å². The lowest BCUT2D eigenvalue weighted by atomic mass is 10.3. The number of halogens is 1. The normalized spacial score (nSPS) is 8.87. The maximum atomic E-state index is 10.9. The molecule has 5 heteroatoms. The minimum Gasteiger partial charge on any atom is -0.322 e. The molecule has 0 aromatic heterocycles. The minimum absolute atomic E-state index is 0.264. The number of nitrogens with zero attached hydrogens (tertiary/aromatic N) is 1. The van der Waals surface area contributed by atoms with Crippen LogP contribution in [0.3, 0.4) is 0 Å².